The smallest absolute Gasteiger partial charge is 0.409 e. The number of unbranched alkanes of at least 4 members (excludes halogenated alkanes) is 3. The number of hydrogen-bond donors (Lipinski definition) is 0. The van der Waals surface area contributed by atoms with E-state index in [0.29, 0.717) is 25.2 Å². The topological polar surface area (TPSA) is 27.7 Å². The number of benzene rings is 3. The van der Waals surface area contributed by atoms with Gasteiger partial charge in [-0.15, -0.1) is 7.92 Å². The Hall–Kier alpha value is -2.08. The average Bonchev–Trinajstić information content (AvgIpc) is 2.90. The summed E-state index contributed by atoms with van der Waals surface area (Å²) in [5.74, 6) is 2.13. The van der Waals surface area contributed by atoms with Gasteiger partial charge < -0.3 is 13.6 Å². The lowest BCUT2D eigenvalue weighted by Crippen LogP contribution is -2.02. The largest absolute Gasteiger partial charge is 0.530 e. The predicted octanol–water partition coefficient (Wildman–Crippen LogP) is 10.3. The Morgan fingerprint density at radius 2 is 0.743 bits per heavy atom. The monoisotopic (exact) mass is 512 g/mol. The van der Waals surface area contributed by atoms with Crippen molar-refractivity contribution in [2.24, 2.45) is 0 Å². The molecule has 0 heterocycles. The highest BCUT2D eigenvalue weighted by Crippen LogP contribution is 2.42. The summed E-state index contributed by atoms with van der Waals surface area (Å²) < 4.78 is 17.5. The second-order valence-corrected chi connectivity index (χ2v) is 12.0. The first-order chi connectivity index (χ1) is 17.2. The molecular weight excluding hydrogens is 470 g/mol. The third kappa shape index (κ3) is 13.6. The van der Waals surface area contributed by atoms with Gasteiger partial charge in [0.05, 0.1) is 0 Å². The highest BCUT2D eigenvalue weighted by molar-refractivity contribution is 7.57. The van der Waals surface area contributed by atoms with Crippen LogP contribution in [0.4, 0.5) is 0 Å². The lowest BCUT2D eigenvalue weighted by Gasteiger charge is -2.17. The second kappa shape index (κ2) is 19.1. The Morgan fingerprint density at radius 3 is 1.00 bits per heavy atom. The van der Waals surface area contributed by atoms with E-state index in [2.05, 4.69) is 20.8 Å². The maximum atomic E-state index is 5.84. The van der Waals surface area contributed by atoms with Crippen LogP contribution in [0.1, 0.15) is 59.3 Å². The Labute approximate surface area is 216 Å². The zero-order valence-electron chi connectivity index (χ0n) is 21.6. The number of hydrogen-bond acceptors (Lipinski definition) is 3. The van der Waals surface area contributed by atoms with Crippen molar-refractivity contribution in [3.05, 3.63) is 91.0 Å². The maximum Gasteiger partial charge on any atom is 0.530 e. The maximum absolute atomic E-state index is 5.84. The van der Waals surface area contributed by atoms with E-state index in [9.17, 15) is 0 Å². The van der Waals surface area contributed by atoms with Crippen LogP contribution in [0, 0.1) is 0 Å². The van der Waals surface area contributed by atoms with Crippen LogP contribution < -0.4 is 13.6 Å². The number of para-hydroxylation sites is 3. The molecule has 0 radical (unpaired) electrons. The normalized spacial score (nSPS) is 10.5. The summed E-state index contributed by atoms with van der Waals surface area (Å²) in [5.41, 5.74) is 0. The van der Waals surface area contributed by atoms with Crippen molar-refractivity contribution in [3.63, 3.8) is 0 Å². The SMILES string of the molecule is CCCCP(CCCC)CCCC.c1ccc(OP(Oc2ccccc2)Oc2ccccc2)cc1. The Kier molecular flexibility index (Phi) is 16.0. The van der Waals surface area contributed by atoms with Crippen LogP contribution in [0.25, 0.3) is 0 Å². The quantitative estimate of drug-likeness (QED) is 0.190. The summed E-state index contributed by atoms with van der Waals surface area (Å²) in [4.78, 5) is 0. The van der Waals surface area contributed by atoms with Crippen LogP contribution in [0.5, 0.6) is 17.2 Å². The van der Waals surface area contributed by atoms with Crippen molar-refractivity contribution >= 4 is 16.5 Å². The first kappa shape index (κ1) is 29.2. The molecule has 0 aliphatic carbocycles. The molecule has 0 saturated heterocycles. The summed E-state index contributed by atoms with van der Waals surface area (Å²) in [6, 6.07) is 28.5. The molecule has 0 saturated carbocycles. The molecule has 0 spiro atoms. The molecule has 3 aromatic rings. The van der Waals surface area contributed by atoms with Crippen LogP contribution in [0.2, 0.25) is 0 Å². The third-order valence-electron chi connectivity index (χ3n) is 5.25. The minimum atomic E-state index is -1.59. The highest BCUT2D eigenvalue weighted by Gasteiger charge is 2.19. The first-order valence-electron chi connectivity index (χ1n) is 13.0. The first-order valence-corrected chi connectivity index (χ1v) is 16.0. The van der Waals surface area contributed by atoms with E-state index in [4.69, 9.17) is 13.6 Å². The van der Waals surface area contributed by atoms with Gasteiger partial charge in [-0.05, 0) is 74.1 Å². The van der Waals surface area contributed by atoms with Crippen molar-refractivity contribution in [1.29, 1.82) is 0 Å². The van der Waals surface area contributed by atoms with E-state index < -0.39 is 8.60 Å². The molecule has 0 atom stereocenters. The molecular formula is C30H42O3P2. The summed E-state index contributed by atoms with van der Waals surface area (Å²) in [5, 5.41) is 0. The molecule has 3 nitrogen and oxygen atoms in total. The van der Waals surface area contributed by atoms with E-state index in [1.165, 1.54) is 38.5 Å². The fraction of sp³-hybridized carbons (Fsp3) is 0.400. The van der Waals surface area contributed by atoms with Gasteiger partial charge >= 0.3 is 8.60 Å². The van der Waals surface area contributed by atoms with Crippen molar-refractivity contribution in [1.82, 2.24) is 0 Å². The second-order valence-electron chi connectivity index (χ2n) is 8.34. The minimum absolute atomic E-state index is 0.422. The lowest BCUT2D eigenvalue weighted by molar-refractivity contribution is 0.388. The summed E-state index contributed by atoms with van der Waals surface area (Å²) in [7, 11) is -1.17. The summed E-state index contributed by atoms with van der Waals surface area (Å²) in [6.45, 7) is 6.94. The number of rotatable bonds is 15. The molecule has 35 heavy (non-hydrogen) atoms. The van der Waals surface area contributed by atoms with Crippen molar-refractivity contribution in [2.45, 2.75) is 59.3 Å². The van der Waals surface area contributed by atoms with Gasteiger partial charge in [0.15, 0.2) is 0 Å². The molecule has 0 aromatic heterocycles. The van der Waals surface area contributed by atoms with Gasteiger partial charge in [-0.3, -0.25) is 0 Å². The van der Waals surface area contributed by atoms with Gasteiger partial charge in [-0.2, -0.15) is 0 Å². The Balaban J connectivity index is 0.000000287. The van der Waals surface area contributed by atoms with Crippen molar-refractivity contribution in [2.75, 3.05) is 18.5 Å². The van der Waals surface area contributed by atoms with Crippen LogP contribution in [0.15, 0.2) is 91.0 Å². The third-order valence-corrected chi connectivity index (χ3v) is 9.18. The van der Waals surface area contributed by atoms with Crippen LogP contribution in [0.3, 0.4) is 0 Å². The minimum Gasteiger partial charge on any atom is -0.409 e. The highest BCUT2D eigenvalue weighted by atomic mass is 31.2. The van der Waals surface area contributed by atoms with Crippen LogP contribution >= 0.6 is 16.5 Å². The van der Waals surface area contributed by atoms with Crippen molar-refractivity contribution in [3.8, 4) is 17.2 Å². The van der Waals surface area contributed by atoms with E-state index >= 15 is 0 Å². The zero-order chi connectivity index (χ0) is 25.0. The van der Waals surface area contributed by atoms with Crippen LogP contribution in [-0.4, -0.2) is 18.5 Å². The zero-order valence-corrected chi connectivity index (χ0v) is 23.4. The molecule has 0 fully saturated rings. The molecule has 190 valence electrons. The molecule has 3 rings (SSSR count). The fourth-order valence-electron chi connectivity index (χ4n) is 3.24. The van der Waals surface area contributed by atoms with E-state index in [1.54, 1.807) is 18.5 Å². The van der Waals surface area contributed by atoms with E-state index in [1.807, 2.05) is 91.0 Å². The molecule has 0 aliphatic heterocycles. The van der Waals surface area contributed by atoms with Gasteiger partial charge in [-0.1, -0.05) is 94.6 Å². The predicted molar refractivity (Wildman–Crippen MR) is 154 cm³/mol. The van der Waals surface area contributed by atoms with Gasteiger partial charge in [0.1, 0.15) is 17.2 Å². The molecule has 0 aliphatic rings. The standard InChI is InChI=1S/C18H15O3P.C12H27P/c1-4-10-16(11-5-1)19-22(20-17-12-6-2-7-13-17)21-18-14-8-3-9-15-18;1-4-7-10-13(11-8-5-2)12-9-6-3/h1-15H;4-12H2,1-3H3. The molecule has 0 amide bonds. The average molecular weight is 513 g/mol. The van der Waals surface area contributed by atoms with Gasteiger partial charge in [0.2, 0.25) is 0 Å². The van der Waals surface area contributed by atoms with Crippen LogP contribution in [-0.2, 0) is 0 Å². The van der Waals surface area contributed by atoms with Crippen molar-refractivity contribution < 1.29 is 13.6 Å². The Morgan fingerprint density at radius 1 is 0.457 bits per heavy atom. The fourth-order valence-corrected chi connectivity index (χ4v) is 7.19. The van der Waals surface area contributed by atoms with Gasteiger partial charge in [0, 0.05) is 0 Å². The molecule has 0 N–H and O–H groups in total. The van der Waals surface area contributed by atoms with E-state index in [0.717, 1.165) is 0 Å². The molecule has 3 aromatic carbocycles. The van der Waals surface area contributed by atoms with Gasteiger partial charge in [-0.25, -0.2) is 0 Å². The lowest BCUT2D eigenvalue weighted by atomic mass is 10.3. The molecule has 0 bridgehead atoms. The summed E-state index contributed by atoms with van der Waals surface area (Å²) >= 11 is 0. The summed E-state index contributed by atoms with van der Waals surface area (Å²) in [6.07, 6.45) is 13.2. The van der Waals surface area contributed by atoms with Gasteiger partial charge in [0.25, 0.3) is 0 Å². The molecule has 5 heteroatoms. The van der Waals surface area contributed by atoms with E-state index in [-0.39, 0.29) is 0 Å². The Bertz CT molecular complexity index is 745. The molecule has 0 unspecified atom stereocenters.